The molecule has 136 valence electrons. The van der Waals surface area contributed by atoms with E-state index in [0.717, 1.165) is 69.4 Å². The predicted molar refractivity (Wildman–Crippen MR) is 102 cm³/mol. The smallest absolute Gasteiger partial charge is 0.251 e. The Morgan fingerprint density at radius 2 is 1.81 bits per heavy atom. The molecule has 26 heavy (non-hydrogen) atoms. The third-order valence-corrected chi connectivity index (χ3v) is 6.49. The van der Waals surface area contributed by atoms with Crippen LogP contribution in [0.4, 0.5) is 0 Å². The van der Waals surface area contributed by atoms with E-state index in [9.17, 15) is 9.90 Å². The van der Waals surface area contributed by atoms with Crippen molar-refractivity contribution in [3.63, 3.8) is 0 Å². The maximum atomic E-state index is 12.6. The van der Waals surface area contributed by atoms with Crippen molar-refractivity contribution >= 4 is 0 Å². The number of hydrogen-bond donors (Lipinski definition) is 2. The topological polar surface area (TPSA) is 56.3 Å². The number of nitrogens with one attached hydrogen (secondary N) is 1. The van der Waals surface area contributed by atoms with E-state index in [-0.39, 0.29) is 11.7 Å². The number of fused-ring (bicyclic) bond motifs is 5. The molecule has 1 saturated heterocycles. The molecule has 0 bridgehead atoms. The maximum Gasteiger partial charge on any atom is 0.251 e. The van der Waals surface area contributed by atoms with Crippen molar-refractivity contribution in [3.05, 3.63) is 56.4 Å². The first-order chi connectivity index (χ1) is 12.7. The molecule has 2 heterocycles. The monoisotopic (exact) mass is 350 g/mol. The summed E-state index contributed by atoms with van der Waals surface area (Å²) in [6.07, 6.45) is 6.87. The Labute approximate surface area is 153 Å². The lowest BCUT2D eigenvalue weighted by Gasteiger charge is -2.30. The van der Waals surface area contributed by atoms with Gasteiger partial charge in [-0.05, 0) is 60.8 Å². The van der Waals surface area contributed by atoms with Gasteiger partial charge in [0.1, 0.15) is 0 Å². The van der Waals surface area contributed by atoms with Gasteiger partial charge < -0.3 is 10.1 Å². The molecule has 2 aliphatic carbocycles. The van der Waals surface area contributed by atoms with Crippen LogP contribution in [0.5, 0.6) is 0 Å². The number of benzene rings is 1. The second-order valence-corrected chi connectivity index (χ2v) is 8.10. The number of rotatable bonds is 2. The summed E-state index contributed by atoms with van der Waals surface area (Å²) in [5, 5.41) is 9.74. The summed E-state index contributed by atoms with van der Waals surface area (Å²) >= 11 is 0. The van der Waals surface area contributed by atoms with Gasteiger partial charge in [0.25, 0.3) is 5.56 Å². The van der Waals surface area contributed by atoms with Crippen molar-refractivity contribution in [1.82, 2.24) is 9.88 Å². The van der Waals surface area contributed by atoms with Crippen molar-refractivity contribution in [2.24, 2.45) is 0 Å². The molecule has 4 heteroatoms. The normalized spacial score (nSPS) is 19.9. The van der Waals surface area contributed by atoms with Gasteiger partial charge in [-0.15, -0.1) is 0 Å². The Bertz CT molecular complexity index is 907. The van der Waals surface area contributed by atoms with Crippen molar-refractivity contribution in [2.45, 2.75) is 57.6 Å². The number of aliphatic hydroxyl groups is 1. The molecular formula is C22H26N2O2. The molecule has 0 saturated carbocycles. The van der Waals surface area contributed by atoms with Crippen LogP contribution in [-0.2, 0) is 25.8 Å². The number of hydrogen-bond acceptors (Lipinski definition) is 3. The first kappa shape index (κ1) is 16.3. The number of H-pyrrole nitrogens is 1. The van der Waals surface area contributed by atoms with Crippen LogP contribution in [0, 0.1) is 0 Å². The SMILES string of the molecule is O=c1[nH]c2c(c3c1CCCC3)Cc1c(CN3CCC(O)CC3)cccc1-2. The Morgan fingerprint density at radius 3 is 2.62 bits per heavy atom. The van der Waals surface area contributed by atoms with Gasteiger partial charge in [-0.3, -0.25) is 9.69 Å². The van der Waals surface area contributed by atoms with E-state index in [1.807, 2.05) is 0 Å². The van der Waals surface area contributed by atoms with Gasteiger partial charge in [-0.25, -0.2) is 0 Å². The molecule has 0 radical (unpaired) electrons. The Morgan fingerprint density at radius 1 is 1.04 bits per heavy atom. The van der Waals surface area contributed by atoms with Crippen LogP contribution in [0.25, 0.3) is 11.3 Å². The highest BCUT2D eigenvalue weighted by Gasteiger charge is 2.28. The first-order valence-electron chi connectivity index (χ1n) is 9.99. The second-order valence-electron chi connectivity index (χ2n) is 8.10. The summed E-state index contributed by atoms with van der Waals surface area (Å²) in [4.78, 5) is 18.2. The molecule has 1 aliphatic heterocycles. The fourth-order valence-electron chi connectivity index (χ4n) is 5.05. The van der Waals surface area contributed by atoms with Gasteiger partial charge in [-0.2, -0.15) is 0 Å². The Kier molecular flexibility index (Phi) is 3.98. The van der Waals surface area contributed by atoms with Gasteiger partial charge in [0.2, 0.25) is 0 Å². The standard InChI is InChI=1S/C22H26N2O2/c25-15-8-10-24(11-9-15)13-14-4-3-7-17-19(14)12-20-16-5-1-2-6-18(16)22(26)23-21(17)20/h3-4,7,15,25H,1-2,5-6,8-13H2,(H,23,26). The van der Waals surface area contributed by atoms with E-state index < -0.39 is 0 Å². The third-order valence-electron chi connectivity index (χ3n) is 6.49. The summed E-state index contributed by atoms with van der Waals surface area (Å²) in [6.45, 7) is 2.87. The largest absolute Gasteiger partial charge is 0.393 e. The Hall–Kier alpha value is -1.91. The highest BCUT2D eigenvalue weighted by Crippen LogP contribution is 2.40. The minimum absolute atomic E-state index is 0.127. The fourth-order valence-corrected chi connectivity index (χ4v) is 5.05. The zero-order valence-corrected chi connectivity index (χ0v) is 15.2. The van der Waals surface area contributed by atoms with E-state index in [4.69, 9.17) is 0 Å². The number of aliphatic hydroxyl groups excluding tert-OH is 1. The quantitative estimate of drug-likeness (QED) is 0.747. The van der Waals surface area contributed by atoms with Gasteiger partial charge in [0.15, 0.2) is 0 Å². The summed E-state index contributed by atoms with van der Waals surface area (Å²) in [5.74, 6) is 0. The van der Waals surface area contributed by atoms with Crippen molar-refractivity contribution in [3.8, 4) is 11.3 Å². The van der Waals surface area contributed by atoms with Gasteiger partial charge >= 0.3 is 0 Å². The third kappa shape index (κ3) is 2.63. The molecular weight excluding hydrogens is 324 g/mol. The average Bonchev–Trinajstić information content (AvgIpc) is 3.04. The second kappa shape index (κ2) is 6.36. The van der Waals surface area contributed by atoms with E-state index >= 15 is 0 Å². The molecule has 0 atom stereocenters. The van der Waals surface area contributed by atoms with Crippen LogP contribution < -0.4 is 5.56 Å². The number of piperidine rings is 1. The van der Waals surface area contributed by atoms with E-state index in [0.29, 0.717) is 0 Å². The molecule has 2 aromatic rings. The number of nitrogens with zero attached hydrogens (tertiary/aromatic N) is 1. The first-order valence-corrected chi connectivity index (χ1v) is 9.99. The summed E-state index contributed by atoms with van der Waals surface area (Å²) in [7, 11) is 0. The van der Waals surface area contributed by atoms with Gasteiger partial charge in [0, 0.05) is 37.2 Å². The molecule has 0 unspecified atom stereocenters. The van der Waals surface area contributed by atoms with Crippen molar-refractivity contribution in [2.75, 3.05) is 13.1 Å². The molecule has 1 fully saturated rings. The number of aromatic amines is 1. The molecule has 0 spiro atoms. The Balaban J connectivity index is 1.51. The van der Waals surface area contributed by atoms with Crippen molar-refractivity contribution < 1.29 is 5.11 Å². The summed E-state index contributed by atoms with van der Waals surface area (Å²) in [5.41, 5.74) is 8.93. The summed E-state index contributed by atoms with van der Waals surface area (Å²) < 4.78 is 0. The molecule has 1 aromatic carbocycles. The fraction of sp³-hybridized carbons (Fsp3) is 0.500. The molecule has 0 amide bonds. The zero-order valence-electron chi connectivity index (χ0n) is 15.2. The lowest BCUT2D eigenvalue weighted by Crippen LogP contribution is -2.35. The van der Waals surface area contributed by atoms with Crippen molar-refractivity contribution in [1.29, 1.82) is 0 Å². The lowest BCUT2D eigenvalue weighted by atomic mass is 9.88. The molecule has 2 N–H and O–H groups in total. The molecule has 1 aromatic heterocycles. The number of aromatic nitrogens is 1. The van der Waals surface area contributed by atoms with Crippen LogP contribution in [-0.4, -0.2) is 34.2 Å². The van der Waals surface area contributed by atoms with Gasteiger partial charge in [-0.1, -0.05) is 18.2 Å². The van der Waals surface area contributed by atoms with Crippen LogP contribution in [0.1, 0.15) is 53.5 Å². The van der Waals surface area contributed by atoms with Crippen LogP contribution in [0.3, 0.4) is 0 Å². The zero-order chi connectivity index (χ0) is 17.7. The van der Waals surface area contributed by atoms with Gasteiger partial charge in [0.05, 0.1) is 11.8 Å². The molecule has 5 rings (SSSR count). The minimum Gasteiger partial charge on any atom is -0.393 e. The average molecular weight is 350 g/mol. The predicted octanol–water partition coefficient (Wildman–Crippen LogP) is 2.78. The lowest BCUT2D eigenvalue weighted by molar-refractivity contribution is 0.0791. The van der Waals surface area contributed by atoms with Crippen LogP contribution >= 0.6 is 0 Å². The van der Waals surface area contributed by atoms with Crippen LogP contribution in [0.15, 0.2) is 23.0 Å². The van der Waals surface area contributed by atoms with E-state index in [2.05, 4.69) is 28.1 Å². The highest BCUT2D eigenvalue weighted by atomic mass is 16.3. The number of pyridine rings is 1. The number of likely N-dealkylation sites (tertiary alicyclic amines) is 1. The molecule has 3 aliphatic rings. The summed E-state index contributed by atoms with van der Waals surface area (Å²) in [6, 6.07) is 6.52. The minimum atomic E-state index is -0.131. The van der Waals surface area contributed by atoms with Crippen LogP contribution in [0.2, 0.25) is 0 Å². The maximum absolute atomic E-state index is 12.6. The van der Waals surface area contributed by atoms with E-state index in [1.165, 1.54) is 34.2 Å². The molecule has 4 nitrogen and oxygen atoms in total. The highest BCUT2D eigenvalue weighted by molar-refractivity contribution is 5.76. The van der Waals surface area contributed by atoms with E-state index in [1.54, 1.807) is 0 Å².